The van der Waals surface area contributed by atoms with Crippen LogP contribution in [0.5, 0.6) is 0 Å². The smallest absolute Gasteiger partial charge is 0.0536 e. The zero-order valence-electron chi connectivity index (χ0n) is 6.86. The Morgan fingerprint density at radius 2 is 2.50 bits per heavy atom. The summed E-state index contributed by atoms with van der Waals surface area (Å²) in [6.45, 7) is 1.65. The van der Waals surface area contributed by atoms with Gasteiger partial charge in [-0.3, -0.25) is 4.98 Å². The lowest BCUT2D eigenvalue weighted by atomic mass is 9.98. The molecule has 0 bridgehead atoms. The molecule has 0 spiro atoms. The second-order valence-electron chi connectivity index (χ2n) is 3.07. The van der Waals surface area contributed by atoms with Crippen molar-refractivity contribution in [2.24, 2.45) is 0 Å². The molecule has 12 heavy (non-hydrogen) atoms. The molecule has 1 aromatic heterocycles. The van der Waals surface area contributed by atoms with E-state index in [1.807, 2.05) is 6.07 Å². The van der Waals surface area contributed by atoms with Crippen molar-refractivity contribution in [1.82, 2.24) is 4.98 Å². The molecule has 64 valence electrons. The first-order valence-electron chi connectivity index (χ1n) is 4.15. The fourth-order valence-electron chi connectivity index (χ4n) is 1.57. The third-order valence-electron chi connectivity index (χ3n) is 2.26. The maximum absolute atomic E-state index is 5.78. The minimum atomic E-state index is 0.480. The molecule has 2 rings (SSSR count). The zero-order chi connectivity index (χ0) is 8.39. The number of aromatic nitrogens is 1. The van der Waals surface area contributed by atoms with Crippen LogP contribution >= 0.6 is 0 Å². The van der Waals surface area contributed by atoms with E-state index in [9.17, 15) is 0 Å². The molecule has 0 radical (unpaired) electrons. The van der Waals surface area contributed by atoms with Gasteiger partial charge >= 0.3 is 0 Å². The molecule has 1 atom stereocenters. The third kappa shape index (κ3) is 1.28. The summed E-state index contributed by atoms with van der Waals surface area (Å²) in [6.07, 6.45) is 4.56. The topological polar surface area (TPSA) is 48.1 Å². The van der Waals surface area contributed by atoms with Gasteiger partial charge in [0.05, 0.1) is 18.5 Å². The zero-order valence-corrected chi connectivity index (χ0v) is 6.86. The fourth-order valence-corrected chi connectivity index (χ4v) is 1.57. The maximum atomic E-state index is 5.78. The summed E-state index contributed by atoms with van der Waals surface area (Å²) in [5, 5.41) is 0. The van der Waals surface area contributed by atoms with Crippen LogP contribution in [-0.2, 0) is 4.74 Å². The van der Waals surface area contributed by atoms with Crippen LogP contribution in [0, 0.1) is 0 Å². The van der Waals surface area contributed by atoms with Gasteiger partial charge in [0, 0.05) is 18.7 Å². The van der Waals surface area contributed by atoms with Crippen molar-refractivity contribution in [3.8, 4) is 0 Å². The molecule has 1 unspecified atom stereocenters. The van der Waals surface area contributed by atoms with Crippen molar-refractivity contribution < 1.29 is 4.74 Å². The summed E-state index contributed by atoms with van der Waals surface area (Å²) >= 11 is 0. The van der Waals surface area contributed by atoms with Gasteiger partial charge in [0.25, 0.3) is 0 Å². The molecule has 0 saturated carbocycles. The van der Waals surface area contributed by atoms with Gasteiger partial charge in [0.15, 0.2) is 0 Å². The lowest BCUT2D eigenvalue weighted by Gasteiger charge is -2.09. The average molecular weight is 164 g/mol. The van der Waals surface area contributed by atoms with Gasteiger partial charge in [-0.15, -0.1) is 0 Å². The Kier molecular flexibility index (Phi) is 1.96. The number of hydrogen-bond acceptors (Lipinski definition) is 3. The molecule has 0 aliphatic carbocycles. The Bertz CT molecular complexity index is 269. The van der Waals surface area contributed by atoms with Crippen LogP contribution in [0.3, 0.4) is 0 Å². The summed E-state index contributed by atoms with van der Waals surface area (Å²) in [6, 6.07) is 1.98. The van der Waals surface area contributed by atoms with E-state index in [0.717, 1.165) is 25.3 Å². The highest BCUT2D eigenvalue weighted by atomic mass is 16.5. The third-order valence-corrected chi connectivity index (χ3v) is 2.26. The molecule has 3 nitrogen and oxygen atoms in total. The summed E-state index contributed by atoms with van der Waals surface area (Å²) < 4.78 is 5.29. The Labute approximate surface area is 71.6 Å². The van der Waals surface area contributed by atoms with E-state index in [4.69, 9.17) is 10.5 Å². The average Bonchev–Trinajstić information content (AvgIpc) is 2.57. The summed E-state index contributed by atoms with van der Waals surface area (Å²) in [5.74, 6) is 0.480. The molecule has 2 N–H and O–H groups in total. The van der Waals surface area contributed by atoms with Gasteiger partial charge in [-0.1, -0.05) is 0 Å². The van der Waals surface area contributed by atoms with Gasteiger partial charge < -0.3 is 10.5 Å². The Balaban J connectivity index is 2.26. The monoisotopic (exact) mass is 164 g/mol. The first kappa shape index (κ1) is 7.55. The lowest BCUT2D eigenvalue weighted by molar-refractivity contribution is 0.194. The van der Waals surface area contributed by atoms with Gasteiger partial charge in [-0.25, -0.2) is 0 Å². The normalized spacial score (nSPS) is 22.8. The highest BCUT2D eigenvalue weighted by molar-refractivity contribution is 5.46. The van der Waals surface area contributed by atoms with Gasteiger partial charge in [-0.05, 0) is 18.1 Å². The second-order valence-corrected chi connectivity index (χ2v) is 3.07. The second kappa shape index (κ2) is 3.11. The minimum absolute atomic E-state index is 0.480. The molecule has 1 aliphatic heterocycles. The van der Waals surface area contributed by atoms with Crippen molar-refractivity contribution in [1.29, 1.82) is 0 Å². The quantitative estimate of drug-likeness (QED) is 0.677. The molecule has 0 amide bonds. The Morgan fingerprint density at radius 3 is 3.17 bits per heavy atom. The van der Waals surface area contributed by atoms with Gasteiger partial charge in [0.2, 0.25) is 0 Å². The number of pyridine rings is 1. The summed E-state index contributed by atoms with van der Waals surface area (Å²) in [4.78, 5) is 3.95. The first-order chi connectivity index (χ1) is 5.88. The van der Waals surface area contributed by atoms with Crippen LogP contribution < -0.4 is 5.73 Å². The fraction of sp³-hybridized carbons (Fsp3) is 0.444. The van der Waals surface area contributed by atoms with Crippen LogP contribution in [0.25, 0.3) is 0 Å². The molecule has 1 fully saturated rings. The van der Waals surface area contributed by atoms with Crippen LogP contribution in [0.4, 0.5) is 5.69 Å². The number of nitrogens with two attached hydrogens (primary N) is 1. The van der Waals surface area contributed by atoms with E-state index in [1.165, 1.54) is 5.56 Å². The van der Waals surface area contributed by atoms with Crippen LogP contribution in [0.1, 0.15) is 17.9 Å². The number of ether oxygens (including phenoxy) is 1. The molecule has 3 heteroatoms. The van der Waals surface area contributed by atoms with Crippen LogP contribution in [0.2, 0.25) is 0 Å². The molecule has 1 aliphatic rings. The van der Waals surface area contributed by atoms with Crippen LogP contribution in [0.15, 0.2) is 18.5 Å². The predicted octanol–water partition coefficient (Wildman–Crippen LogP) is 1.17. The SMILES string of the molecule is Nc1cnccc1C1CCOC1. The largest absolute Gasteiger partial charge is 0.397 e. The molecule has 2 heterocycles. The predicted molar refractivity (Wildman–Crippen MR) is 46.8 cm³/mol. The summed E-state index contributed by atoms with van der Waals surface area (Å²) in [5.41, 5.74) is 7.75. The number of nitrogen functional groups attached to an aromatic ring is 1. The van der Waals surface area contributed by atoms with Gasteiger partial charge in [-0.2, -0.15) is 0 Å². The minimum Gasteiger partial charge on any atom is -0.397 e. The molecule has 1 aromatic rings. The highest BCUT2D eigenvalue weighted by Gasteiger charge is 2.19. The van der Waals surface area contributed by atoms with E-state index in [0.29, 0.717) is 5.92 Å². The maximum Gasteiger partial charge on any atom is 0.0536 e. The highest BCUT2D eigenvalue weighted by Crippen LogP contribution is 2.28. The van der Waals surface area contributed by atoms with Gasteiger partial charge in [0.1, 0.15) is 0 Å². The molecular weight excluding hydrogens is 152 g/mol. The molecule has 1 saturated heterocycles. The van der Waals surface area contributed by atoms with Crippen molar-refractivity contribution in [3.05, 3.63) is 24.0 Å². The van der Waals surface area contributed by atoms with E-state index in [2.05, 4.69) is 4.98 Å². The number of anilines is 1. The Morgan fingerprint density at radius 1 is 1.58 bits per heavy atom. The number of hydrogen-bond donors (Lipinski definition) is 1. The van der Waals surface area contributed by atoms with Crippen molar-refractivity contribution in [2.45, 2.75) is 12.3 Å². The van der Waals surface area contributed by atoms with Crippen LogP contribution in [-0.4, -0.2) is 18.2 Å². The van der Waals surface area contributed by atoms with Crippen molar-refractivity contribution >= 4 is 5.69 Å². The number of rotatable bonds is 1. The summed E-state index contributed by atoms with van der Waals surface area (Å²) in [7, 11) is 0. The molecule has 0 aromatic carbocycles. The first-order valence-corrected chi connectivity index (χ1v) is 4.15. The van der Waals surface area contributed by atoms with E-state index in [-0.39, 0.29) is 0 Å². The van der Waals surface area contributed by atoms with E-state index in [1.54, 1.807) is 12.4 Å². The standard InChI is InChI=1S/C9H12N2O/c10-9-5-11-3-1-8(9)7-2-4-12-6-7/h1,3,5,7H,2,4,6,10H2. The number of nitrogens with zero attached hydrogens (tertiary/aromatic N) is 1. The lowest BCUT2D eigenvalue weighted by Crippen LogP contribution is -2.02. The van der Waals surface area contributed by atoms with Crippen molar-refractivity contribution in [2.75, 3.05) is 18.9 Å². The Hall–Kier alpha value is -1.09. The van der Waals surface area contributed by atoms with E-state index < -0.39 is 0 Å². The molecular formula is C9H12N2O. The van der Waals surface area contributed by atoms with Crippen molar-refractivity contribution in [3.63, 3.8) is 0 Å². The van der Waals surface area contributed by atoms with E-state index >= 15 is 0 Å².